The third-order valence-corrected chi connectivity index (χ3v) is 3.56. The fraction of sp³-hybridized carbons (Fsp3) is 0.562. The second-order valence-corrected chi connectivity index (χ2v) is 4.99. The van der Waals surface area contributed by atoms with Crippen molar-refractivity contribution in [2.45, 2.75) is 34.6 Å². The zero-order valence-corrected chi connectivity index (χ0v) is 14.3. The third-order valence-electron chi connectivity index (χ3n) is 3.56. The Labute approximate surface area is 135 Å². The molecule has 0 saturated heterocycles. The highest BCUT2D eigenvalue weighted by molar-refractivity contribution is 5.99. The first kappa shape index (κ1) is 18.7. The van der Waals surface area contributed by atoms with Crippen LogP contribution in [-0.2, 0) is 14.3 Å². The summed E-state index contributed by atoms with van der Waals surface area (Å²) < 4.78 is 10.0. The second kappa shape index (κ2) is 8.36. The van der Waals surface area contributed by atoms with E-state index in [4.69, 9.17) is 9.47 Å². The molecule has 1 N–H and O–H groups in total. The largest absolute Gasteiger partial charge is 0.461 e. The van der Waals surface area contributed by atoms with Crippen LogP contribution in [0.4, 0.5) is 0 Å². The lowest BCUT2D eigenvalue weighted by molar-refractivity contribution is -0.134. The normalized spacial score (nSPS) is 10.3. The predicted molar refractivity (Wildman–Crippen MR) is 84.4 cm³/mol. The van der Waals surface area contributed by atoms with Crippen LogP contribution in [0.2, 0.25) is 0 Å². The van der Waals surface area contributed by atoms with Crippen LogP contribution in [0.3, 0.4) is 0 Å². The van der Waals surface area contributed by atoms with Crippen LogP contribution in [0, 0.1) is 13.8 Å². The first-order valence-electron chi connectivity index (χ1n) is 7.68. The fourth-order valence-corrected chi connectivity index (χ4v) is 2.33. The minimum absolute atomic E-state index is 0.228. The lowest BCUT2D eigenvalue weighted by Crippen LogP contribution is -2.34. The molecule has 23 heavy (non-hydrogen) atoms. The lowest BCUT2D eigenvalue weighted by atomic mass is 10.1. The van der Waals surface area contributed by atoms with Crippen molar-refractivity contribution in [3.63, 3.8) is 0 Å². The molecule has 1 rings (SSSR count). The van der Waals surface area contributed by atoms with Crippen molar-refractivity contribution in [3.8, 4) is 0 Å². The van der Waals surface area contributed by atoms with Gasteiger partial charge in [0.05, 0.1) is 12.2 Å². The summed E-state index contributed by atoms with van der Waals surface area (Å²) in [4.78, 5) is 40.3. The summed E-state index contributed by atoms with van der Waals surface area (Å²) in [5.74, 6) is -1.40. The molecule has 0 atom stereocenters. The molecular weight excluding hydrogens is 300 g/mol. The Morgan fingerprint density at radius 1 is 1.00 bits per heavy atom. The molecule has 7 heteroatoms. The number of aromatic amines is 1. The highest BCUT2D eigenvalue weighted by Crippen LogP contribution is 2.19. The summed E-state index contributed by atoms with van der Waals surface area (Å²) in [7, 11) is 0. The van der Waals surface area contributed by atoms with Gasteiger partial charge in [0.15, 0.2) is 6.61 Å². The topological polar surface area (TPSA) is 88.7 Å². The van der Waals surface area contributed by atoms with E-state index in [2.05, 4.69) is 4.98 Å². The number of aryl methyl sites for hydroxylation is 1. The number of hydrogen-bond acceptors (Lipinski definition) is 5. The maximum Gasteiger partial charge on any atom is 0.355 e. The Morgan fingerprint density at radius 3 is 2.13 bits per heavy atom. The van der Waals surface area contributed by atoms with Crippen molar-refractivity contribution in [3.05, 3.63) is 22.5 Å². The quantitative estimate of drug-likeness (QED) is 0.773. The number of nitrogens with one attached hydrogen (secondary N) is 1. The number of H-pyrrole nitrogens is 1. The van der Waals surface area contributed by atoms with Gasteiger partial charge < -0.3 is 19.4 Å². The van der Waals surface area contributed by atoms with Gasteiger partial charge in [0.25, 0.3) is 5.91 Å². The Kier molecular flexibility index (Phi) is 6.81. The Hall–Kier alpha value is -2.31. The summed E-state index contributed by atoms with van der Waals surface area (Å²) in [5, 5.41) is 0. The van der Waals surface area contributed by atoms with Crippen LogP contribution < -0.4 is 0 Å². The number of carbonyl (C=O) groups excluding carboxylic acids is 3. The number of rotatable bonds is 7. The molecule has 1 aromatic heterocycles. The maximum absolute atomic E-state index is 12.2. The Bertz CT molecular complexity index is 588. The van der Waals surface area contributed by atoms with Crippen molar-refractivity contribution in [2.75, 3.05) is 26.3 Å². The molecule has 0 bridgehead atoms. The van der Waals surface area contributed by atoms with Gasteiger partial charge in [-0.1, -0.05) is 0 Å². The van der Waals surface area contributed by atoms with Gasteiger partial charge in [0.1, 0.15) is 5.69 Å². The van der Waals surface area contributed by atoms with E-state index in [1.807, 2.05) is 13.8 Å². The van der Waals surface area contributed by atoms with Crippen LogP contribution in [0.25, 0.3) is 0 Å². The number of likely N-dealkylation sites (N-methyl/N-ethyl adjacent to an activating group) is 1. The molecule has 0 aromatic carbocycles. The molecule has 7 nitrogen and oxygen atoms in total. The average molecular weight is 324 g/mol. The summed E-state index contributed by atoms with van der Waals surface area (Å²) >= 11 is 0. The second-order valence-electron chi connectivity index (χ2n) is 4.99. The SMILES string of the molecule is CCOC(=O)c1[nH]c(C)c(C(=O)OCC(=O)N(CC)CC)c1C. The Balaban J connectivity index is 2.85. The summed E-state index contributed by atoms with van der Waals surface area (Å²) in [6, 6.07) is 0. The summed E-state index contributed by atoms with van der Waals surface area (Å²) in [6.07, 6.45) is 0. The lowest BCUT2D eigenvalue weighted by Gasteiger charge is -2.18. The molecule has 1 aromatic rings. The first-order chi connectivity index (χ1) is 10.9. The van der Waals surface area contributed by atoms with Crippen LogP contribution in [0.15, 0.2) is 0 Å². The molecule has 0 aliphatic carbocycles. The monoisotopic (exact) mass is 324 g/mol. The highest BCUT2D eigenvalue weighted by atomic mass is 16.5. The van der Waals surface area contributed by atoms with E-state index < -0.39 is 11.9 Å². The molecule has 0 radical (unpaired) electrons. The minimum atomic E-state index is -0.632. The van der Waals surface area contributed by atoms with Crippen molar-refractivity contribution < 1.29 is 23.9 Å². The van der Waals surface area contributed by atoms with Gasteiger partial charge in [0.2, 0.25) is 0 Å². The van der Waals surface area contributed by atoms with Gasteiger partial charge in [-0.2, -0.15) is 0 Å². The van der Waals surface area contributed by atoms with E-state index in [9.17, 15) is 14.4 Å². The molecule has 0 unspecified atom stereocenters. The van der Waals surface area contributed by atoms with Crippen LogP contribution >= 0.6 is 0 Å². The first-order valence-corrected chi connectivity index (χ1v) is 7.68. The van der Waals surface area contributed by atoms with E-state index in [0.717, 1.165) is 0 Å². The number of hydrogen-bond donors (Lipinski definition) is 1. The van der Waals surface area contributed by atoms with Gasteiger partial charge in [-0.05, 0) is 40.2 Å². The van der Waals surface area contributed by atoms with E-state index in [-0.39, 0.29) is 30.4 Å². The van der Waals surface area contributed by atoms with Gasteiger partial charge in [0, 0.05) is 18.8 Å². The van der Waals surface area contributed by atoms with Gasteiger partial charge >= 0.3 is 11.9 Å². The zero-order chi connectivity index (χ0) is 17.6. The van der Waals surface area contributed by atoms with Gasteiger partial charge in [-0.25, -0.2) is 9.59 Å². The standard InChI is InChI=1S/C16H24N2O5/c1-6-18(7-2)12(19)9-23-15(20)13-10(4)14(17-11(13)5)16(21)22-8-3/h17H,6-9H2,1-5H3. The zero-order valence-electron chi connectivity index (χ0n) is 14.3. The van der Waals surface area contributed by atoms with Gasteiger partial charge in [-0.15, -0.1) is 0 Å². The molecule has 1 amide bonds. The highest BCUT2D eigenvalue weighted by Gasteiger charge is 2.24. The van der Waals surface area contributed by atoms with Gasteiger partial charge in [-0.3, -0.25) is 4.79 Å². The van der Waals surface area contributed by atoms with Crippen molar-refractivity contribution in [1.29, 1.82) is 0 Å². The number of aromatic nitrogens is 1. The summed E-state index contributed by atoms with van der Waals surface area (Å²) in [5.41, 5.74) is 1.46. The predicted octanol–water partition coefficient (Wildman–Crippen LogP) is 1.83. The number of carbonyl (C=O) groups is 3. The molecular formula is C16H24N2O5. The summed E-state index contributed by atoms with van der Waals surface area (Å²) in [6.45, 7) is 9.76. The number of amides is 1. The van der Waals surface area contributed by atoms with E-state index in [0.29, 0.717) is 24.3 Å². The van der Waals surface area contributed by atoms with E-state index in [1.54, 1.807) is 25.7 Å². The maximum atomic E-state index is 12.2. The van der Waals surface area contributed by atoms with Crippen molar-refractivity contribution in [1.82, 2.24) is 9.88 Å². The fourth-order valence-electron chi connectivity index (χ4n) is 2.33. The average Bonchev–Trinajstić information content (AvgIpc) is 2.81. The van der Waals surface area contributed by atoms with Crippen LogP contribution in [-0.4, -0.2) is 54.0 Å². The number of ether oxygens (including phenoxy) is 2. The van der Waals surface area contributed by atoms with Crippen molar-refractivity contribution >= 4 is 17.8 Å². The molecule has 0 saturated carbocycles. The molecule has 128 valence electrons. The van der Waals surface area contributed by atoms with E-state index in [1.165, 1.54) is 0 Å². The molecule has 1 heterocycles. The molecule has 0 fully saturated rings. The molecule has 0 aliphatic heterocycles. The molecule has 0 aliphatic rings. The Morgan fingerprint density at radius 2 is 1.61 bits per heavy atom. The van der Waals surface area contributed by atoms with Crippen LogP contribution in [0.1, 0.15) is 52.9 Å². The van der Waals surface area contributed by atoms with Crippen LogP contribution in [0.5, 0.6) is 0 Å². The third kappa shape index (κ3) is 4.34. The number of esters is 2. The smallest absolute Gasteiger partial charge is 0.355 e. The van der Waals surface area contributed by atoms with E-state index >= 15 is 0 Å². The minimum Gasteiger partial charge on any atom is -0.461 e. The number of nitrogens with zero attached hydrogens (tertiary/aromatic N) is 1. The van der Waals surface area contributed by atoms with Crippen molar-refractivity contribution in [2.24, 2.45) is 0 Å². The molecule has 0 spiro atoms.